The highest BCUT2D eigenvalue weighted by Gasteiger charge is 2.19. The van der Waals surface area contributed by atoms with Crippen LogP contribution in [0.15, 0.2) is 97.2 Å². The first-order valence-electron chi connectivity index (χ1n) is 23.2. The lowest BCUT2D eigenvalue weighted by molar-refractivity contribution is -0.166. The minimum atomic E-state index is -0.832. The summed E-state index contributed by atoms with van der Waals surface area (Å²) in [6, 6.07) is 0. The number of hydrogen-bond acceptors (Lipinski definition) is 6. The van der Waals surface area contributed by atoms with E-state index in [-0.39, 0.29) is 38.0 Å². The third kappa shape index (κ3) is 43.5. The molecule has 0 rings (SSSR count). The number of rotatable bonds is 40. The zero-order valence-corrected chi connectivity index (χ0v) is 37.3. The predicted octanol–water partition coefficient (Wildman–Crippen LogP) is 15.0. The van der Waals surface area contributed by atoms with Gasteiger partial charge in [0.2, 0.25) is 0 Å². The van der Waals surface area contributed by atoms with Gasteiger partial charge in [0.1, 0.15) is 13.2 Å². The lowest BCUT2D eigenvalue weighted by Gasteiger charge is -2.18. The molecular weight excluding hydrogens is 721 g/mol. The highest BCUT2D eigenvalue weighted by atomic mass is 16.6. The van der Waals surface area contributed by atoms with Crippen LogP contribution in [-0.4, -0.2) is 37.2 Å². The van der Waals surface area contributed by atoms with Crippen molar-refractivity contribution in [3.05, 3.63) is 97.2 Å². The molecular formula is C52H84O6. The van der Waals surface area contributed by atoms with E-state index in [0.29, 0.717) is 19.3 Å². The number of unbranched alkanes of at least 4 members (excludes halogenated alkanes) is 13. The quantitative estimate of drug-likeness (QED) is 0.0266. The summed E-state index contributed by atoms with van der Waals surface area (Å²) in [7, 11) is 0. The Morgan fingerprint density at radius 2 is 0.724 bits per heavy atom. The van der Waals surface area contributed by atoms with Crippen molar-refractivity contribution in [2.24, 2.45) is 0 Å². The molecule has 1 atom stereocenters. The van der Waals surface area contributed by atoms with Crippen molar-refractivity contribution in [2.75, 3.05) is 13.2 Å². The van der Waals surface area contributed by atoms with Crippen molar-refractivity contribution >= 4 is 17.9 Å². The molecule has 6 nitrogen and oxygen atoms in total. The average molecular weight is 805 g/mol. The van der Waals surface area contributed by atoms with Crippen LogP contribution in [0.4, 0.5) is 0 Å². The van der Waals surface area contributed by atoms with Crippen molar-refractivity contribution in [3.63, 3.8) is 0 Å². The SMILES string of the molecule is CC/C=C\C/C=C\C/C=C\CCCCCCCCC(=O)OCC(COC(=O)CCC/C=C\C/C=C\C/C=C\CC)OC(=O)CC/C=C\C/C=C\CCCCCCCC. The van der Waals surface area contributed by atoms with E-state index in [9.17, 15) is 14.4 Å². The van der Waals surface area contributed by atoms with Crippen LogP contribution in [0.2, 0.25) is 0 Å². The highest BCUT2D eigenvalue weighted by Crippen LogP contribution is 2.12. The summed E-state index contributed by atoms with van der Waals surface area (Å²) in [5, 5.41) is 0. The molecule has 0 saturated heterocycles. The summed E-state index contributed by atoms with van der Waals surface area (Å²) < 4.78 is 16.6. The molecule has 0 aromatic carbocycles. The van der Waals surface area contributed by atoms with Gasteiger partial charge in [0.15, 0.2) is 6.10 Å². The van der Waals surface area contributed by atoms with Crippen molar-refractivity contribution in [3.8, 4) is 0 Å². The molecule has 0 radical (unpaired) electrons. The van der Waals surface area contributed by atoms with E-state index in [1.807, 2.05) is 6.08 Å². The number of carbonyl (C=O) groups excluding carboxylic acids is 3. The standard InChI is InChI=1S/C52H84O6/c1-4-7-10-13-16-19-22-24-25-26-28-30-33-36-39-42-45-51(54)57-48-49(47-56-50(53)44-41-38-35-32-29-21-18-15-12-9-6-3)58-52(55)46-43-40-37-34-31-27-23-20-17-14-11-8-5-2/h7,9-10,12,16,18-19,21,24-25,27,31-32,35,37,40,49H,4-6,8,11,13-15,17,20,22-23,26,28-30,33-34,36,38-39,41-48H2,1-3H3/b10-7-,12-9-,19-16-,21-18-,25-24-,31-27-,35-32-,40-37-. The summed E-state index contributed by atoms with van der Waals surface area (Å²) in [4.78, 5) is 37.7. The smallest absolute Gasteiger partial charge is 0.306 e. The number of carbonyl (C=O) groups is 3. The second kappa shape index (κ2) is 46.0. The molecule has 0 amide bonds. The van der Waals surface area contributed by atoms with Gasteiger partial charge < -0.3 is 14.2 Å². The van der Waals surface area contributed by atoms with Crippen molar-refractivity contribution in [1.29, 1.82) is 0 Å². The molecule has 0 bridgehead atoms. The van der Waals surface area contributed by atoms with Gasteiger partial charge in [-0.25, -0.2) is 0 Å². The Bertz CT molecular complexity index is 1200. The molecule has 0 N–H and O–H groups in total. The molecule has 0 aliphatic rings. The van der Waals surface area contributed by atoms with Crippen LogP contribution in [0, 0.1) is 0 Å². The van der Waals surface area contributed by atoms with Crippen molar-refractivity contribution in [2.45, 2.75) is 200 Å². The molecule has 0 saturated carbocycles. The normalized spacial score (nSPS) is 12.9. The fourth-order valence-electron chi connectivity index (χ4n) is 5.88. The Hall–Kier alpha value is -3.67. The molecule has 1 unspecified atom stereocenters. The third-order valence-electron chi connectivity index (χ3n) is 9.32. The van der Waals surface area contributed by atoms with E-state index in [0.717, 1.165) is 89.9 Å². The fraction of sp³-hybridized carbons (Fsp3) is 0.635. The van der Waals surface area contributed by atoms with Gasteiger partial charge in [0.05, 0.1) is 0 Å². The first-order chi connectivity index (χ1) is 28.5. The topological polar surface area (TPSA) is 78.9 Å². The Kier molecular flexibility index (Phi) is 43.1. The number of ether oxygens (including phenoxy) is 3. The van der Waals surface area contributed by atoms with Crippen LogP contribution in [0.5, 0.6) is 0 Å². The zero-order chi connectivity index (χ0) is 42.3. The Morgan fingerprint density at radius 3 is 1.19 bits per heavy atom. The molecule has 58 heavy (non-hydrogen) atoms. The molecule has 0 aliphatic heterocycles. The molecule has 0 aromatic heterocycles. The second-order valence-electron chi connectivity index (χ2n) is 14.9. The second-order valence-corrected chi connectivity index (χ2v) is 14.9. The van der Waals surface area contributed by atoms with Gasteiger partial charge in [-0.15, -0.1) is 0 Å². The van der Waals surface area contributed by atoms with Crippen LogP contribution in [0.3, 0.4) is 0 Å². The number of esters is 3. The monoisotopic (exact) mass is 805 g/mol. The van der Waals surface area contributed by atoms with Gasteiger partial charge >= 0.3 is 17.9 Å². The minimum absolute atomic E-state index is 0.124. The van der Waals surface area contributed by atoms with E-state index in [1.165, 1.54) is 51.4 Å². The zero-order valence-electron chi connectivity index (χ0n) is 37.3. The van der Waals surface area contributed by atoms with Gasteiger partial charge in [-0.3, -0.25) is 14.4 Å². The van der Waals surface area contributed by atoms with Crippen LogP contribution >= 0.6 is 0 Å². The molecule has 328 valence electrons. The molecule has 0 heterocycles. The van der Waals surface area contributed by atoms with Crippen LogP contribution in [0.25, 0.3) is 0 Å². The molecule has 6 heteroatoms. The van der Waals surface area contributed by atoms with E-state index < -0.39 is 12.1 Å². The summed E-state index contributed by atoms with van der Waals surface area (Å²) in [5.41, 5.74) is 0. The lowest BCUT2D eigenvalue weighted by atomic mass is 10.1. The summed E-state index contributed by atoms with van der Waals surface area (Å²) in [5.74, 6) is -1.07. The summed E-state index contributed by atoms with van der Waals surface area (Å²) in [6.45, 7) is 6.26. The van der Waals surface area contributed by atoms with Gasteiger partial charge in [0, 0.05) is 19.3 Å². The van der Waals surface area contributed by atoms with E-state index in [1.54, 1.807) is 0 Å². The van der Waals surface area contributed by atoms with Crippen LogP contribution in [0.1, 0.15) is 194 Å². The van der Waals surface area contributed by atoms with E-state index >= 15 is 0 Å². The Balaban J connectivity index is 4.53. The number of allylic oxidation sites excluding steroid dienone is 16. The minimum Gasteiger partial charge on any atom is -0.462 e. The van der Waals surface area contributed by atoms with Crippen molar-refractivity contribution < 1.29 is 28.6 Å². The first kappa shape index (κ1) is 54.3. The molecule has 0 aromatic rings. The van der Waals surface area contributed by atoms with Gasteiger partial charge in [-0.1, -0.05) is 176 Å². The predicted molar refractivity (Wildman–Crippen MR) is 247 cm³/mol. The largest absolute Gasteiger partial charge is 0.462 e. The maximum Gasteiger partial charge on any atom is 0.306 e. The Morgan fingerprint density at radius 1 is 0.362 bits per heavy atom. The molecule has 0 aliphatic carbocycles. The first-order valence-corrected chi connectivity index (χ1v) is 23.2. The average Bonchev–Trinajstić information content (AvgIpc) is 3.22. The van der Waals surface area contributed by atoms with E-state index in [2.05, 4.69) is 112 Å². The van der Waals surface area contributed by atoms with E-state index in [4.69, 9.17) is 14.2 Å². The van der Waals surface area contributed by atoms with Crippen molar-refractivity contribution in [1.82, 2.24) is 0 Å². The van der Waals surface area contributed by atoms with Gasteiger partial charge in [-0.05, 0) is 96.3 Å². The fourth-order valence-corrected chi connectivity index (χ4v) is 5.88. The maximum absolute atomic E-state index is 12.7. The highest BCUT2D eigenvalue weighted by molar-refractivity contribution is 5.71. The van der Waals surface area contributed by atoms with Gasteiger partial charge in [-0.2, -0.15) is 0 Å². The molecule has 0 spiro atoms. The maximum atomic E-state index is 12.7. The third-order valence-corrected chi connectivity index (χ3v) is 9.32. The van der Waals surface area contributed by atoms with Crippen LogP contribution in [-0.2, 0) is 28.6 Å². The summed E-state index contributed by atoms with van der Waals surface area (Å²) in [6.07, 6.45) is 59.8. The number of hydrogen-bond donors (Lipinski definition) is 0. The Labute approximate surface area is 356 Å². The van der Waals surface area contributed by atoms with Gasteiger partial charge in [0.25, 0.3) is 0 Å². The summed E-state index contributed by atoms with van der Waals surface area (Å²) >= 11 is 0. The molecule has 0 fully saturated rings. The lowest BCUT2D eigenvalue weighted by Crippen LogP contribution is -2.30. The van der Waals surface area contributed by atoms with Crippen LogP contribution < -0.4 is 0 Å².